The molecule has 0 aromatic rings. The van der Waals surface area contributed by atoms with Crippen LogP contribution in [-0.4, -0.2) is 66.5 Å². The maximum Gasteiger partial charge on any atom is 0.472 e. The molecule has 0 bridgehead atoms. The number of allylic oxidation sites excluding steroid dienone is 20. The van der Waals surface area contributed by atoms with E-state index in [2.05, 4.69) is 142 Å². The molecule has 0 fully saturated rings. The normalized spacial score (nSPS) is 14.2. The number of phosphoric ester groups is 1. The maximum absolute atomic E-state index is 12.9. The summed E-state index contributed by atoms with van der Waals surface area (Å²) in [5.41, 5.74) is 0. The second-order valence-electron chi connectivity index (χ2n) is 19.0. The lowest BCUT2D eigenvalue weighted by Gasteiger charge is -2.21. The molecule has 0 aliphatic carbocycles. The van der Waals surface area contributed by atoms with Crippen molar-refractivity contribution in [2.45, 2.75) is 238 Å². The van der Waals surface area contributed by atoms with Gasteiger partial charge < -0.3 is 24.2 Å². The molecule has 0 aliphatic rings. The highest BCUT2D eigenvalue weighted by Crippen LogP contribution is 2.43. The van der Waals surface area contributed by atoms with Crippen LogP contribution in [0.2, 0.25) is 0 Å². The first kappa shape index (κ1) is 71.9. The summed E-state index contributed by atoms with van der Waals surface area (Å²) in [4.78, 5) is 48.6. The maximum atomic E-state index is 12.9. The van der Waals surface area contributed by atoms with Crippen LogP contribution < -0.4 is 0 Å². The third kappa shape index (κ3) is 54.7. The van der Waals surface area contributed by atoms with Gasteiger partial charge in [-0.1, -0.05) is 200 Å². The first-order valence-electron chi connectivity index (χ1n) is 29.4. The summed E-state index contributed by atoms with van der Waals surface area (Å²) in [5.74, 6) is -1.57. The van der Waals surface area contributed by atoms with Gasteiger partial charge in [0.05, 0.1) is 19.8 Å². The smallest absolute Gasteiger partial charge is 0.462 e. The minimum Gasteiger partial charge on any atom is -0.462 e. The van der Waals surface area contributed by atoms with E-state index in [9.17, 15) is 28.9 Å². The van der Waals surface area contributed by atoms with Gasteiger partial charge in [-0.2, -0.15) is 0 Å². The standard InChI is InChI=1S/C64H105O11P/c1-4-7-10-13-16-19-22-25-28-29-30-31-34-35-38-41-44-47-50-53-62(66)71-57-61(75-64(68)55-52-49-46-43-40-37-33-27-24-21-18-15-12-9-6-3)59-73-76(69,70)72-58-60(56-65)74-63(67)54-51-48-45-42-39-36-32-26-23-20-17-14-11-8-5-2/h7,9-10,12,16,18-19,21,25-28,30-33,35,38,40,43,60-61,65H,4-6,8,11,13-15,17,20,22-24,29,34,36-37,39,41-42,44-59H2,1-3H3,(H,69,70)/b10-7-,12-9-,19-16-,21-18-,28-25-,31-30-,32-26-,33-27-,38-35-,43-40-. The van der Waals surface area contributed by atoms with Gasteiger partial charge in [0.25, 0.3) is 0 Å². The van der Waals surface area contributed by atoms with E-state index in [-0.39, 0.29) is 25.9 Å². The molecule has 11 nitrogen and oxygen atoms in total. The molecular formula is C64H105O11P. The van der Waals surface area contributed by atoms with Gasteiger partial charge in [-0.15, -0.1) is 0 Å². The third-order valence-corrected chi connectivity index (χ3v) is 12.8. The Hall–Kier alpha value is -4.12. The highest BCUT2D eigenvalue weighted by molar-refractivity contribution is 7.47. The predicted octanol–water partition coefficient (Wildman–Crippen LogP) is 17.6. The van der Waals surface area contributed by atoms with Crippen molar-refractivity contribution in [2.24, 2.45) is 0 Å². The average molecular weight is 1080 g/mol. The van der Waals surface area contributed by atoms with Gasteiger partial charge in [0, 0.05) is 19.3 Å². The monoisotopic (exact) mass is 1080 g/mol. The molecule has 0 saturated carbocycles. The number of aliphatic hydroxyl groups is 1. The predicted molar refractivity (Wildman–Crippen MR) is 316 cm³/mol. The number of ether oxygens (including phenoxy) is 3. The molecule has 0 aromatic heterocycles. The van der Waals surface area contributed by atoms with Gasteiger partial charge >= 0.3 is 25.7 Å². The molecule has 0 amide bonds. The molecule has 0 aliphatic heterocycles. The number of phosphoric acid groups is 1. The average Bonchev–Trinajstić information content (AvgIpc) is 3.41. The molecule has 3 unspecified atom stereocenters. The van der Waals surface area contributed by atoms with E-state index in [1.54, 1.807) is 0 Å². The molecule has 3 atom stereocenters. The Kier molecular flexibility index (Phi) is 54.0. The van der Waals surface area contributed by atoms with Crippen LogP contribution in [0.25, 0.3) is 0 Å². The summed E-state index contributed by atoms with van der Waals surface area (Å²) in [6.07, 6.45) is 70.2. The third-order valence-electron chi connectivity index (χ3n) is 11.8. The molecule has 2 N–H and O–H groups in total. The molecule has 432 valence electrons. The number of unbranched alkanes of at least 4 members (excludes halogenated alkanes) is 16. The van der Waals surface area contributed by atoms with Gasteiger partial charge in [-0.3, -0.25) is 23.4 Å². The van der Waals surface area contributed by atoms with Gasteiger partial charge in [0.1, 0.15) is 12.7 Å². The molecule has 0 heterocycles. The molecular weight excluding hydrogens is 976 g/mol. The number of carbonyl (C=O) groups is 3. The molecule has 12 heteroatoms. The second kappa shape index (κ2) is 57.1. The molecule has 0 spiro atoms. The van der Waals surface area contributed by atoms with Crippen molar-refractivity contribution in [1.82, 2.24) is 0 Å². The summed E-state index contributed by atoms with van der Waals surface area (Å²) < 4.78 is 39.5. The summed E-state index contributed by atoms with van der Waals surface area (Å²) in [5, 5.41) is 9.82. The van der Waals surface area contributed by atoms with E-state index in [0.717, 1.165) is 128 Å². The Morgan fingerprint density at radius 3 is 1.11 bits per heavy atom. The quantitative estimate of drug-likeness (QED) is 0.0197. The largest absolute Gasteiger partial charge is 0.472 e. The Bertz CT molecular complexity index is 1740. The van der Waals surface area contributed by atoms with E-state index in [1.807, 2.05) is 0 Å². The first-order chi connectivity index (χ1) is 37.2. The fourth-order valence-electron chi connectivity index (χ4n) is 7.43. The zero-order valence-electron chi connectivity index (χ0n) is 47.7. The molecule has 0 saturated heterocycles. The molecule has 0 rings (SSSR count). The molecule has 76 heavy (non-hydrogen) atoms. The Morgan fingerprint density at radius 1 is 0.382 bits per heavy atom. The van der Waals surface area contributed by atoms with Crippen LogP contribution in [0.3, 0.4) is 0 Å². The summed E-state index contributed by atoms with van der Waals surface area (Å²) in [6.45, 7) is 4.31. The molecule has 0 radical (unpaired) electrons. The van der Waals surface area contributed by atoms with Gasteiger partial charge in [0.2, 0.25) is 0 Å². The van der Waals surface area contributed by atoms with Crippen molar-refractivity contribution in [3.05, 3.63) is 122 Å². The fourth-order valence-corrected chi connectivity index (χ4v) is 8.21. The lowest BCUT2D eigenvalue weighted by molar-refractivity contribution is -0.161. The lowest BCUT2D eigenvalue weighted by atomic mass is 10.1. The highest BCUT2D eigenvalue weighted by atomic mass is 31.2. The van der Waals surface area contributed by atoms with Gasteiger partial charge in [-0.05, 0) is 128 Å². The van der Waals surface area contributed by atoms with Crippen LogP contribution in [0.1, 0.15) is 226 Å². The van der Waals surface area contributed by atoms with Crippen LogP contribution in [0.15, 0.2) is 122 Å². The van der Waals surface area contributed by atoms with Crippen molar-refractivity contribution in [3.63, 3.8) is 0 Å². The second-order valence-corrected chi connectivity index (χ2v) is 20.5. The summed E-state index contributed by atoms with van der Waals surface area (Å²) in [6, 6.07) is 0. The summed E-state index contributed by atoms with van der Waals surface area (Å²) >= 11 is 0. The van der Waals surface area contributed by atoms with E-state index >= 15 is 0 Å². The van der Waals surface area contributed by atoms with Crippen LogP contribution in [0, 0.1) is 0 Å². The Labute approximate surface area is 462 Å². The number of aliphatic hydroxyl groups excluding tert-OH is 1. The van der Waals surface area contributed by atoms with Gasteiger partial charge in [0.15, 0.2) is 6.10 Å². The lowest BCUT2D eigenvalue weighted by Crippen LogP contribution is -2.30. The zero-order chi connectivity index (χ0) is 55.5. The van der Waals surface area contributed by atoms with E-state index in [4.69, 9.17) is 23.3 Å². The highest BCUT2D eigenvalue weighted by Gasteiger charge is 2.28. The van der Waals surface area contributed by atoms with E-state index < -0.39 is 57.8 Å². The Morgan fingerprint density at radius 2 is 0.684 bits per heavy atom. The van der Waals surface area contributed by atoms with Crippen molar-refractivity contribution in [2.75, 3.05) is 26.4 Å². The van der Waals surface area contributed by atoms with Gasteiger partial charge in [-0.25, -0.2) is 4.57 Å². The number of carbonyl (C=O) groups excluding carboxylic acids is 3. The zero-order valence-corrected chi connectivity index (χ0v) is 48.6. The topological polar surface area (TPSA) is 155 Å². The van der Waals surface area contributed by atoms with E-state index in [1.165, 1.54) is 38.5 Å². The van der Waals surface area contributed by atoms with Crippen molar-refractivity contribution >= 4 is 25.7 Å². The Balaban J connectivity index is 4.84. The number of rotatable bonds is 53. The van der Waals surface area contributed by atoms with Crippen molar-refractivity contribution in [3.8, 4) is 0 Å². The first-order valence-corrected chi connectivity index (χ1v) is 30.9. The van der Waals surface area contributed by atoms with Crippen LogP contribution in [0.4, 0.5) is 0 Å². The van der Waals surface area contributed by atoms with Crippen molar-refractivity contribution in [1.29, 1.82) is 0 Å². The number of esters is 3. The molecule has 0 aromatic carbocycles. The van der Waals surface area contributed by atoms with Crippen LogP contribution >= 0.6 is 7.82 Å². The minimum atomic E-state index is -4.78. The SMILES string of the molecule is CC/C=C\C/C=C\C/C=C\C/C=C\C/C=C\CCCCCC(=O)OCC(COP(=O)(O)OCC(CO)OC(=O)CCCCCCC/C=C\CCCCCCCC)OC(=O)CCCC/C=C\C/C=C\C/C=C\C/C=C\CC. The van der Waals surface area contributed by atoms with Crippen LogP contribution in [-0.2, 0) is 42.2 Å². The number of hydrogen-bond donors (Lipinski definition) is 2. The fraction of sp³-hybridized carbons (Fsp3) is 0.641. The van der Waals surface area contributed by atoms with Crippen molar-refractivity contribution < 1.29 is 52.2 Å². The number of hydrogen-bond acceptors (Lipinski definition) is 10. The van der Waals surface area contributed by atoms with E-state index in [0.29, 0.717) is 19.3 Å². The van der Waals surface area contributed by atoms with Crippen LogP contribution in [0.5, 0.6) is 0 Å². The minimum absolute atomic E-state index is 0.101. The summed E-state index contributed by atoms with van der Waals surface area (Å²) in [7, 11) is -4.78.